The number of hydrogen-bond acceptors (Lipinski definition) is 8. The molecule has 0 saturated carbocycles. The van der Waals surface area contributed by atoms with Crippen LogP contribution < -0.4 is 15.0 Å². The van der Waals surface area contributed by atoms with Crippen molar-refractivity contribution in [2.45, 2.75) is 33.5 Å². The Hall–Kier alpha value is -3.85. The first-order valence-electron chi connectivity index (χ1n) is 11.5. The summed E-state index contributed by atoms with van der Waals surface area (Å²) in [5.74, 6) is 0.306. The van der Waals surface area contributed by atoms with Crippen molar-refractivity contribution in [1.29, 1.82) is 0 Å². The molecule has 0 unspecified atom stereocenters. The second-order valence-corrected chi connectivity index (χ2v) is 8.30. The van der Waals surface area contributed by atoms with E-state index in [0.29, 0.717) is 42.6 Å². The molecule has 0 aliphatic carbocycles. The monoisotopic (exact) mass is 479 g/mol. The molecule has 35 heavy (non-hydrogen) atoms. The Balaban J connectivity index is 1.26. The third-order valence-corrected chi connectivity index (χ3v) is 5.82. The molecule has 3 aromatic rings. The molecule has 0 radical (unpaired) electrons. The Morgan fingerprint density at radius 3 is 2.37 bits per heavy atom. The number of aromatic nitrogens is 1. The Kier molecular flexibility index (Phi) is 7.67. The molecular formula is C26H29N3O6. The van der Waals surface area contributed by atoms with Gasteiger partial charge in [-0.05, 0) is 69.3 Å². The van der Waals surface area contributed by atoms with Gasteiger partial charge in [0.2, 0.25) is 0 Å². The van der Waals surface area contributed by atoms with Gasteiger partial charge in [-0.3, -0.25) is 4.79 Å². The fourth-order valence-electron chi connectivity index (χ4n) is 3.65. The minimum absolute atomic E-state index is 0.315. The third kappa shape index (κ3) is 6.19. The van der Waals surface area contributed by atoms with Gasteiger partial charge < -0.3 is 29.0 Å². The van der Waals surface area contributed by atoms with E-state index in [4.69, 9.17) is 18.7 Å². The lowest BCUT2D eigenvalue weighted by Crippen LogP contribution is -2.36. The maximum atomic E-state index is 12.5. The predicted molar refractivity (Wildman–Crippen MR) is 130 cm³/mol. The summed E-state index contributed by atoms with van der Waals surface area (Å²) >= 11 is 0. The van der Waals surface area contributed by atoms with E-state index in [1.165, 1.54) is 6.92 Å². The van der Waals surface area contributed by atoms with E-state index in [2.05, 4.69) is 15.4 Å². The lowest BCUT2D eigenvalue weighted by Gasteiger charge is -2.28. The second-order valence-electron chi connectivity index (χ2n) is 8.30. The number of morpholine rings is 1. The van der Waals surface area contributed by atoms with Crippen molar-refractivity contribution in [3.05, 3.63) is 71.1 Å². The van der Waals surface area contributed by atoms with Gasteiger partial charge in [0, 0.05) is 24.5 Å². The Morgan fingerprint density at radius 2 is 1.74 bits per heavy atom. The average Bonchev–Trinajstić information content (AvgIpc) is 3.20. The topological polar surface area (TPSA) is 103 Å². The number of carbonyl (C=O) groups excluding carboxylic acids is 2. The zero-order valence-electron chi connectivity index (χ0n) is 20.1. The van der Waals surface area contributed by atoms with Crippen LogP contribution in [0, 0.1) is 13.8 Å². The third-order valence-electron chi connectivity index (χ3n) is 5.82. The molecule has 184 valence electrons. The highest BCUT2D eigenvalue weighted by Crippen LogP contribution is 2.20. The van der Waals surface area contributed by atoms with Crippen molar-refractivity contribution >= 4 is 23.3 Å². The summed E-state index contributed by atoms with van der Waals surface area (Å²) in [7, 11) is 0. The van der Waals surface area contributed by atoms with Gasteiger partial charge in [0.25, 0.3) is 5.91 Å². The number of carbonyl (C=O) groups is 2. The molecular weight excluding hydrogens is 450 g/mol. The summed E-state index contributed by atoms with van der Waals surface area (Å²) in [6.07, 6.45) is -0.961. The lowest BCUT2D eigenvalue weighted by atomic mass is 10.2. The van der Waals surface area contributed by atoms with Crippen LogP contribution in [0.2, 0.25) is 0 Å². The zero-order chi connectivity index (χ0) is 24.8. The van der Waals surface area contributed by atoms with E-state index < -0.39 is 18.0 Å². The molecule has 0 spiro atoms. The van der Waals surface area contributed by atoms with Crippen LogP contribution in [0.3, 0.4) is 0 Å². The molecule has 1 atom stereocenters. The Morgan fingerprint density at radius 1 is 1.06 bits per heavy atom. The zero-order valence-corrected chi connectivity index (χ0v) is 20.1. The number of ether oxygens (including phenoxy) is 3. The molecule has 2 aromatic carbocycles. The molecule has 9 heteroatoms. The average molecular weight is 480 g/mol. The van der Waals surface area contributed by atoms with Crippen LogP contribution in [0.15, 0.2) is 53.1 Å². The van der Waals surface area contributed by atoms with Gasteiger partial charge in [-0.25, -0.2) is 4.79 Å². The van der Waals surface area contributed by atoms with Crippen LogP contribution >= 0.6 is 0 Å². The van der Waals surface area contributed by atoms with Crippen molar-refractivity contribution in [3.8, 4) is 5.75 Å². The molecule has 1 saturated heterocycles. The van der Waals surface area contributed by atoms with Gasteiger partial charge in [0.05, 0.1) is 30.0 Å². The number of esters is 1. The number of aryl methyl sites for hydroxylation is 2. The first-order valence-corrected chi connectivity index (χ1v) is 11.5. The normalized spacial score (nSPS) is 14.3. The van der Waals surface area contributed by atoms with E-state index in [9.17, 15) is 9.59 Å². The van der Waals surface area contributed by atoms with Gasteiger partial charge >= 0.3 is 5.97 Å². The maximum absolute atomic E-state index is 12.5. The van der Waals surface area contributed by atoms with Gasteiger partial charge in [-0.1, -0.05) is 5.16 Å². The van der Waals surface area contributed by atoms with Gasteiger partial charge in [0.1, 0.15) is 18.1 Å². The molecule has 0 bridgehead atoms. The summed E-state index contributed by atoms with van der Waals surface area (Å²) in [5, 5.41) is 6.69. The molecule has 1 fully saturated rings. The summed E-state index contributed by atoms with van der Waals surface area (Å²) in [4.78, 5) is 27.3. The van der Waals surface area contributed by atoms with Crippen molar-refractivity contribution in [3.63, 3.8) is 0 Å². The standard InChI is InChI=1S/C26H29N3O6/c1-17-24(18(2)35-28-17)16-33-23-10-4-20(5-11-23)26(31)34-19(3)25(30)27-21-6-8-22(9-7-21)29-12-14-32-15-13-29/h4-11,19H,12-16H2,1-3H3,(H,27,30)/t19-/m0/s1. The number of benzene rings is 2. The number of hydrogen-bond donors (Lipinski definition) is 1. The van der Waals surface area contributed by atoms with Crippen LogP contribution in [0.25, 0.3) is 0 Å². The van der Waals surface area contributed by atoms with Crippen molar-refractivity contribution in [2.75, 3.05) is 36.5 Å². The molecule has 1 amide bonds. The minimum atomic E-state index is -0.961. The number of amides is 1. The highest BCUT2D eigenvalue weighted by molar-refractivity contribution is 5.97. The molecule has 1 aromatic heterocycles. The van der Waals surface area contributed by atoms with Crippen LogP contribution in [0.5, 0.6) is 5.75 Å². The summed E-state index contributed by atoms with van der Waals surface area (Å²) in [6, 6.07) is 14.1. The van der Waals surface area contributed by atoms with Crippen LogP contribution in [-0.4, -0.2) is 49.4 Å². The maximum Gasteiger partial charge on any atom is 0.338 e. The lowest BCUT2D eigenvalue weighted by molar-refractivity contribution is -0.123. The fraction of sp³-hybridized carbons (Fsp3) is 0.346. The second kappa shape index (κ2) is 11.1. The van der Waals surface area contributed by atoms with E-state index >= 15 is 0 Å². The number of nitrogens with one attached hydrogen (secondary N) is 1. The summed E-state index contributed by atoms with van der Waals surface area (Å²) in [5.41, 5.74) is 3.70. The summed E-state index contributed by atoms with van der Waals surface area (Å²) in [6.45, 7) is 8.63. The van der Waals surface area contributed by atoms with Crippen LogP contribution in [0.4, 0.5) is 11.4 Å². The molecule has 1 aliphatic heterocycles. The van der Waals surface area contributed by atoms with E-state index in [1.807, 2.05) is 38.1 Å². The first-order chi connectivity index (χ1) is 16.9. The molecule has 2 heterocycles. The van der Waals surface area contributed by atoms with Crippen molar-refractivity contribution < 1.29 is 28.3 Å². The van der Waals surface area contributed by atoms with Crippen LogP contribution in [0.1, 0.15) is 34.3 Å². The predicted octanol–water partition coefficient (Wildman–Crippen LogP) is 3.89. The number of anilines is 2. The van der Waals surface area contributed by atoms with Crippen molar-refractivity contribution in [2.24, 2.45) is 0 Å². The summed E-state index contributed by atoms with van der Waals surface area (Å²) < 4.78 is 21.6. The van der Waals surface area contributed by atoms with Crippen molar-refractivity contribution in [1.82, 2.24) is 5.16 Å². The molecule has 1 N–H and O–H groups in total. The smallest absolute Gasteiger partial charge is 0.338 e. The first kappa shape index (κ1) is 24.3. The largest absolute Gasteiger partial charge is 0.489 e. The van der Waals surface area contributed by atoms with E-state index in [1.54, 1.807) is 24.3 Å². The fourth-order valence-corrected chi connectivity index (χ4v) is 3.65. The Labute approximate surface area is 203 Å². The van der Waals surface area contributed by atoms with Gasteiger partial charge in [-0.2, -0.15) is 0 Å². The van der Waals surface area contributed by atoms with Gasteiger partial charge in [0.15, 0.2) is 6.10 Å². The van der Waals surface area contributed by atoms with E-state index in [0.717, 1.165) is 30.0 Å². The molecule has 9 nitrogen and oxygen atoms in total. The SMILES string of the molecule is Cc1noc(C)c1COc1ccc(C(=O)O[C@@H](C)C(=O)Nc2ccc(N3CCOCC3)cc2)cc1. The Bertz CT molecular complexity index is 1130. The van der Waals surface area contributed by atoms with Gasteiger partial charge in [-0.15, -0.1) is 0 Å². The quantitative estimate of drug-likeness (QED) is 0.486. The number of nitrogens with zero attached hydrogens (tertiary/aromatic N) is 2. The number of rotatable bonds is 8. The highest BCUT2D eigenvalue weighted by atomic mass is 16.5. The molecule has 1 aliphatic rings. The molecule has 4 rings (SSSR count). The minimum Gasteiger partial charge on any atom is -0.489 e. The highest BCUT2D eigenvalue weighted by Gasteiger charge is 2.20. The van der Waals surface area contributed by atoms with E-state index in [-0.39, 0.29) is 0 Å². The van der Waals surface area contributed by atoms with Crippen LogP contribution in [-0.2, 0) is 20.9 Å².